The molecule has 7 heteroatoms. The number of amides is 2. The highest BCUT2D eigenvalue weighted by atomic mass is 16.2. The number of pyridine rings is 2. The monoisotopic (exact) mass is 367 g/mol. The number of rotatable bonds is 8. The number of carbonyl (C=O) groups excluding carboxylic acids is 2. The number of aromatic nitrogens is 2. The van der Waals surface area contributed by atoms with Gasteiger partial charge in [0.2, 0.25) is 11.8 Å². The van der Waals surface area contributed by atoms with Gasteiger partial charge in [0.25, 0.3) is 0 Å². The van der Waals surface area contributed by atoms with Crippen molar-refractivity contribution >= 4 is 17.6 Å². The predicted molar refractivity (Wildman–Crippen MR) is 103 cm³/mol. The average molecular weight is 367 g/mol. The highest BCUT2D eigenvalue weighted by molar-refractivity contribution is 5.81. The van der Waals surface area contributed by atoms with Gasteiger partial charge in [0.1, 0.15) is 5.82 Å². The molecule has 7 nitrogen and oxygen atoms in total. The summed E-state index contributed by atoms with van der Waals surface area (Å²) in [6.45, 7) is 1.19. The third-order valence-electron chi connectivity index (χ3n) is 4.65. The molecule has 142 valence electrons. The first-order valence-corrected chi connectivity index (χ1v) is 9.23. The maximum atomic E-state index is 12.2. The van der Waals surface area contributed by atoms with Gasteiger partial charge in [-0.15, -0.1) is 0 Å². The van der Waals surface area contributed by atoms with Gasteiger partial charge in [-0.1, -0.05) is 12.1 Å². The number of likely N-dealkylation sites (N-methyl/N-ethyl adjacent to an activating group) is 1. The van der Waals surface area contributed by atoms with Crippen LogP contribution in [0, 0.1) is 0 Å². The standard InChI is InChI=1S/C20H25N5O2/c1-25(12-9-16-6-2-3-10-21-16)20-15(5-4-11-22-20)14-23-19(27)13-17-7-8-18(26)24-17/h2-6,10-11,17H,7-9,12-14H2,1H3,(H,23,27)(H,24,26)/t17-/m1/s1. The number of anilines is 1. The van der Waals surface area contributed by atoms with Crippen molar-refractivity contribution in [2.75, 3.05) is 18.5 Å². The minimum absolute atomic E-state index is 0.0249. The molecule has 3 heterocycles. The van der Waals surface area contributed by atoms with Crippen LogP contribution in [0.2, 0.25) is 0 Å². The minimum Gasteiger partial charge on any atom is -0.359 e. The minimum atomic E-state index is -0.0619. The zero-order valence-corrected chi connectivity index (χ0v) is 15.5. The molecular formula is C20H25N5O2. The van der Waals surface area contributed by atoms with Crippen LogP contribution in [0.1, 0.15) is 30.5 Å². The van der Waals surface area contributed by atoms with Crippen molar-refractivity contribution in [3.8, 4) is 0 Å². The Balaban J connectivity index is 1.53. The van der Waals surface area contributed by atoms with E-state index in [-0.39, 0.29) is 17.9 Å². The molecule has 0 spiro atoms. The second kappa shape index (κ2) is 9.12. The molecule has 1 aliphatic heterocycles. The van der Waals surface area contributed by atoms with E-state index in [2.05, 4.69) is 25.5 Å². The first-order chi connectivity index (χ1) is 13.1. The quantitative estimate of drug-likeness (QED) is 0.737. The summed E-state index contributed by atoms with van der Waals surface area (Å²) in [5.74, 6) is 0.813. The van der Waals surface area contributed by atoms with Crippen LogP contribution in [0.3, 0.4) is 0 Å². The van der Waals surface area contributed by atoms with E-state index >= 15 is 0 Å². The van der Waals surface area contributed by atoms with E-state index in [1.165, 1.54) is 0 Å². The Kier molecular flexibility index (Phi) is 6.35. The summed E-state index contributed by atoms with van der Waals surface area (Å²) in [4.78, 5) is 34.3. The maximum Gasteiger partial charge on any atom is 0.222 e. The third kappa shape index (κ3) is 5.51. The molecular weight excluding hydrogens is 342 g/mol. The van der Waals surface area contributed by atoms with Crippen LogP contribution in [0.15, 0.2) is 42.7 Å². The van der Waals surface area contributed by atoms with Crippen LogP contribution in [0.25, 0.3) is 0 Å². The Morgan fingerprint density at radius 2 is 2.11 bits per heavy atom. The molecule has 0 aliphatic carbocycles. The van der Waals surface area contributed by atoms with Gasteiger partial charge in [-0.25, -0.2) is 4.98 Å². The molecule has 2 aromatic rings. The molecule has 1 aliphatic rings. The number of hydrogen-bond acceptors (Lipinski definition) is 5. The van der Waals surface area contributed by atoms with E-state index in [0.717, 1.165) is 36.5 Å². The van der Waals surface area contributed by atoms with Crippen LogP contribution >= 0.6 is 0 Å². The molecule has 27 heavy (non-hydrogen) atoms. The third-order valence-corrected chi connectivity index (χ3v) is 4.65. The van der Waals surface area contributed by atoms with Crippen molar-refractivity contribution in [1.29, 1.82) is 0 Å². The molecule has 0 bridgehead atoms. The highest BCUT2D eigenvalue weighted by Gasteiger charge is 2.23. The second-order valence-corrected chi connectivity index (χ2v) is 6.76. The molecule has 0 aromatic carbocycles. The largest absolute Gasteiger partial charge is 0.359 e. The smallest absolute Gasteiger partial charge is 0.222 e. The lowest BCUT2D eigenvalue weighted by Crippen LogP contribution is -2.33. The van der Waals surface area contributed by atoms with Gasteiger partial charge >= 0.3 is 0 Å². The molecule has 0 radical (unpaired) electrons. The Morgan fingerprint density at radius 3 is 2.85 bits per heavy atom. The first kappa shape index (κ1) is 18.8. The summed E-state index contributed by atoms with van der Waals surface area (Å²) in [5.41, 5.74) is 2.00. The Bertz CT molecular complexity index is 781. The van der Waals surface area contributed by atoms with Crippen LogP contribution in [-0.4, -0.2) is 41.4 Å². The normalized spacial score (nSPS) is 16.0. The fraction of sp³-hybridized carbons (Fsp3) is 0.400. The van der Waals surface area contributed by atoms with Crippen molar-refractivity contribution < 1.29 is 9.59 Å². The molecule has 2 aromatic heterocycles. The van der Waals surface area contributed by atoms with Crippen molar-refractivity contribution in [3.05, 3.63) is 54.0 Å². The Morgan fingerprint density at radius 1 is 1.26 bits per heavy atom. The van der Waals surface area contributed by atoms with Crippen LogP contribution in [0.4, 0.5) is 5.82 Å². The number of nitrogens with zero attached hydrogens (tertiary/aromatic N) is 3. The van der Waals surface area contributed by atoms with Gasteiger partial charge in [-0.2, -0.15) is 0 Å². The van der Waals surface area contributed by atoms with E-state index < -0.39 is 0 Å². The lowest BCUT2D eigenvalue weighted by molar-refractivity contribution is -0.121. The van der Waals surface area contributed by atoms with Crippen LogP contribution in [-0.2, 0) is 22.6 Å². The summed E-state index contributed by atoms with van der Waals surface area (Å²) in [7, 11) is 1.99. The Hall–Kier alpha value is -2.96. The van der Waals surface area contributed by atoms with Gasteiger partial charge in [0, 0.05) is 69.1 Å². The summed E-state index contributed by atoms with van der Waals surface area (Å²) in [6, 6.07) is 9.69. The van der Waals surface area contributed by atoms with E-state index in [9.17, 15) is 9.59 Å². The molecule has 2 N–H and O–H groups in total. The highest BCUT2D eigenvalue weighted by Crippen LogP contribution is 2.16. The van der Waals surface area contributed by atoms with Crippen molar-refractivity contribution in [2.24, 2.45) is 0 Å². The number of nitrogens with one attached hydrogen (secondary N) is 2. The lowest BCUT2D eigenvalue weighted by Gasteiger charge is -2.21. The van der Waals surface area contributed by atoms with Crippen LogP contribution < -0.4 is 15.5 Å². The van der Waals surface area contributed by atoms with Gasteiger partial charge in [0.15, 0.2) is 0 Å². The molecule has 2 amide bonds. The van der Waals surface area contributed by atoms with E-state index in [1.54, 1.807) is 12.4 Å². The molecule has 1 fully saturated rings. The van der Waals surface area contributed by atoms with Crippen molar-refractivity contribution in [3.63, 3.8) is 0 Å². The van der Waals surface area contributed by atoms with Crippen molar-refractivity contribution in [1.82, 2.24) is 20.6 Å². The Labute approximate surface area is 159 Å². The second-order valence-electron chi connectivity index (χ2n) is 6.76. The fourth-order valence-electron chi connectivity index (χ4n) is 3.17. The first-order valence-electron chi connectivity index (χ1n) is 9.23. The summed E-state index contributed by atoms with van der Waals surface area (Å²) in [5, 5.41) is 5.76. The molecule has 0 unspecified atom stereocenters. The molecule has 1 saturated heterocycles. The van der Waals surface area contributed by atoms with Gasteiger partial charge in [0.05, 0.1) is 0 Å². The van der Waals surface area contributed by atoms with Gasteiger partial charge in [-0.3, -0.25) is 14.6 Å². The number of carbonyl (C=O) groups is 2. The van der Waals surface area contributed by atoms with E-state index in [0.29, 0.717) is 19.4 Å². The fourth-order valence-corrected chi connectivity index (χ4v) is 3.17. The predicted octanol–water partition coefficient (Wildman–Crippen LogP) is 1.44. The van der Waals surface area contributed by atoms with E-state index in [4.69, 9.17) is 0 Å². The average Bonchev–Trinajstić information content (AvgIpc) is 3.10. The maximum absolute atomic E-state index is 12.2. The van der Waals surface area contributed by atoms with Gasteiger partial charge < -0.3 is 15.5 Å². The summed E-state index contributed by atoms with van der Waals surface area (Å²) in [6.07, 6.45) is 5.92. The summed E-state index contributed by atoms with van der Waals surface area (Å²) < 4.78 is 0. The number of hydrogen-bond donors (Lipinski definition) is 2. The van der Waals surface area contributed by atoms with Crippen LogP contribution in [0.5, 0.6) is 0 Å². The molecule has 1 atom stereocenters. The molecule has 0 saturated carbocycles. The SMILES string of the molecule is CN(CCc1ccccn1)c1ncccc1CNC(=O)C[C@H]1CCC(=O)N1. The summed E-state index contributed by atoms with van der Waals surface area (Å²) >= 11 is 0. The van der Waals surface area contributed by atoms with E-state index in [1.807, 2.05) is 37.4 Å². The zero-order valence-electron chi connectivity index (χ0n) is 15.5. The zero-order chi connectivity index (χ0) is 19.1. The van der Waals surface area contributed by atoms with Crippen molar-refractivity contribution in [2.45, 2.75) is 38.3 Å². The molecule has 3 rings (SSSR count). The lowest BCUT2D eigenvalue weighted by atomic mass is 10.1. The van der Waals surface area contributed by atoms with Gasteiger partial charge in [-0.05, 0) is 24.6 Å². The topological polar surface area (TPSA) is 87.2 Å².